The van der Waals surface area contributed by atoms with Crippen molar-refractivity contribution < 1.29 is 36.6 Å². The van der Waals surface area contributed by atoms with Crippen LogP contribution < -0.4 is 8.37 Å². The number of fused-ring (bicyclic) bond motifs is 2. The molecule has 4 aromatic carbocycles. The van der Waals surface area contributed by atoms with Gasteiger partial charge in [0.1, 0.15) is 11.5 Å². The van der Waals surface area contributed by atoms with E-state index in [0.717, 1.165) is 99.8 Å². The van der Waals surface area contributed by atoms with Crippen LogP contribution in [-0.4, -0.2) is 126 Å². The van der Waals surface area contributed by atoms with Gasteiger partial charge in [-0.15, -0.1) is 8.42 Å². The highest BCUT2D eigenvalue weighted by Crippen LogP contribution is 2.39. The first-order chi connectivity index (χ1) is 30.0. The van der Waals surface area contributed by atoms with E-state index in [0.29, 0.717) is 37.3 Å². The number of hydrogen-bond donors (Lipinski definition) is 2. The molecular formula is C48H60N6O8S. The highest BCUT2D eigenvalue weighted by Gasteiger charge is 2.32. The summed E-state index contributed by atoms with van der Waals surface area (Å²) in [7, 11) is -0.592. The zero-order chi connectivity index (χ0) is 44.7. The number of nitrogens with zero attached hydrogens (tertiary/aromatic N) is 6. The average Bonchev–Trinajstić information content (AvgIpc) is 3.86. The van der Waals surface area contributed by atoms with Crippen molar-refractivity contribution in [3.8, 4) is 23.0 Å². The molecular weight excluding hydrogens is 821 g/mol. The monoisotopic (exact) mass is 880 g/mol. The first-order valence-electron chi connectivity index (χ1n) is 22.0. The van der Waals surface area contributed by atoms with Gasteiger partial charge in [-0.3, -0.25) is 19.4 Å². The molecule has 0 saturated carbocycles. The van der Waals surface area contributed by atoms with E-state index >= 15 is 0 Å². The second-order valence-corrected chi connectivity index (χ2v) is 19.5. The Hall–Kier alpha value is -5.19. The summed E-state index contributed by atoms with van der Waals surface area (Å²) in [6, 6.07) is 17.9. The molecule has 4 heterocycles. The fourth-order valence-electron chi connectivity index (χ4n) is 9.05. The van der Waals surface area contributed by atoms with Crippen LogP contribution in [-0.2, 0) is 49.7 Å². The minimum Gasteiger partial charge on any atom is -0.507 e. The summed E-state index contributed by atoms with van der Waals surface area (Å²) < 4.78 is 38.2. The SMILES string of the molecule is CC(C)c1cc(C(=O)N2Cc3ccc(CN4CCN(C)CC4)cc3C2)c(O)cc1OS(=O)(=O)Oc1cc(O)c(C(=O)N2Cc3ccc(CN4CCN(C)CC4)cc3C2)cc1C(C)C. The van der Waals surface area contributed by atoms with Crippen LogP contribution in [0.1, 0.15) is 105 Å². The summed E-state index contributed by atoms with van der Waals surface area (Å²) in [5, 5.41) is 22.4. The molecule has 0 unspecified atom stereocenters. The number of phenolic OH excluding ortho intramolecular Hbond substituents is 2. The first-order valence-corrected chi connectivity index (χ1v) is 23.3. The van der Waals surface area contributed by atoms with Crippen LogP contribution in [0.25, 0.3) is 0 Å². The molecule has 8 rings (SSSR count). The lowest BCUT2D eigenvalue weighted by Gasteiger charge is -2.32. The second kappa shape index (κ2) is 18.1. The minimum atomic E-state index is -4.86. The van der Waals surface area contributed by atoms with E-state index < -0.39 is 21.9 Å². The smallest absolute Gasteiger partial charge is 0.501 e. The van der Waals surface area contributed by atoms with Crippen molar-refractivity contribution in [3.63, 3.8) is 0 Å². The lowest BCUT2D eigenvalue weighted by Crippen LogP contribution is -2.43. The van der Waals surface area contributed by atoms with Gasteiger partial charge < -0.3 is 38.2 Å². The number of hydrogen-bond acceptors (Lipinski definition) is 12. The van der Waals surface area contributed by atoms with E-state index in [1.807, 2.05) is 27.7 Å². The Morgan fingerprint density at radius 2 is 0.921 bits per heavy atom. The predicted octanol–water partition coefficient (Wildman–Crippen LogP) is 5.85. The van der Waals surface area contributed by atoms with Gasteiger partial charge in [-0.05, 0) is 82.6 Å². The maximum atomic E-state index is 13.9. The normalized spacial score (nSPS) is 17.7. The largest absolute Gasteiger partial charge is 0.507 e. The molecule has 4 aliphatic heterocycles. The maximum absolute atomic E-state index is 13.9. The molecule has 2 N–H and O–H groups in total. The lowest BCUT2D eigenvalue weighted by atomic mass is 9.98. The second-order valence-electron chi connectivity index (χ2n) is 18.4. The van der Waals surface area contributed by atoms with E-state index in [1.54, 1.807) is 9.80 Å². The molecule has 336 valence electrons. The van der Waals surface area contributed by atoms with E-state index in [1.165, 1.54) is 23.3 Å². The molecule has 4 aliphatic rings. The molecule has 4 aromatic rings. The van der Waals surface area contributed by atoms with Gasteiger partial charge in [-0.25, -0.2) is 0 Å². The molecule has 2 amide bonds. The zero-order valence-electron chi connectivity index (χ0n) is 37.3. The number of phenols is 2. The standard InChI is InChI=1S/C48H60N6O8S/c1-31(2)39-21-41(47(57)53-27-35-9-7-33(19-37(35)29-53)25-51-15-11-49(5)12-16-51)43(55)23-45(39)61-63(59,60)62-46-24-44(56)42(22-40(46)32(3)4)48(58)54-28-36-10-8-34(20-38(36)30-54)26-52-17-13-50(6)14-18-52/h7-10,19-24,31-32,55-56H,11-18,25-30H2,1-6H3. The fourth-order valence-corrected chi connectivity index (χ4v) is 9.81. The highest BCUT2D eigenvalue weighted by atomic mass is 32.3. The lowest BCUT2D eigenvalue weighted by molar-refractivity contribution is 0.0740. The molecule has 0 atom stereocenters. The number of piperazine rings is 2. The van der Waals surface area contributed by atoms with Crippen molar-refractivity contribution in [2.45, 2.75) is 78.8 Å². The molecule has 0 aliphatic carbocycles. The third-order valence-electron chi connectivity index (χ3n) is 12.9. The Bertz CT molecular complexity index is 2330. The number of likely N-dealkylation sites (N-methyl/N-ethyl adjacent to an activating group) is 2. The summed E-state index contributed by atoms with van der Waals surface area (Å²) in [5.74, 6) is -2.63. The van der Waals surface area contributed by atoms with Crippen LogP contribution in [0.5, 0.6) is 23.0 Å². The number of benzene rings is 4. The third-order valence-corrected chi connectivity index (χ3v) is 13.7. The summed E-state index contributed by atoms with van der Waals surface area (Å²) in [4.78, 5) is 40.7. The molecule has 0 radical (unpaired) electrons. The third kappa shape index (κ3) is 9.97. The first kappa shape index (κ1) is 44.4. The predicted molar refractivity (Wildman–Crippen MR) is 240 cm³/mol. The Kier molecular flexibility index (Phi) is 12.8. The van der Waals surface area contributed by atoms with Gasteiger partial charge in [0.05, 0.1) is 11.1 Å². The Balaban J connectivity index is 0.941. The fraction of sp³-hybridized carbons (Fsp3) is 0.458. The van der Waals surface area contributed by atoms with Crippen molar-refractivity contribution >= 4 is 22.2 Å². The van der Waals surface area contributed by atoms with Crippen molar-refractivity contribution in [2.75, 3.05) is 66.5 Å². The van der Waals surface area contributed by atoms with Gasteiger partial charge >= 0.3 is 10.4 Å². The van der Waals surface area contributed by atoms with Gasteiger partial charge in [0, 0.05) is 104 Å². The molecule has 15 heteroatoms. The van der Waals surface area contributed by atoms with Gasteiger partial charge in [-0.1, -0.05) is 64.1 Å². The molecule has 2 fully saturated rings. The number of rotatable bonds is 12. The topological polar surface area (TPSA) is 147 Å². The van der Waals surface area contributed by atoms with Crippen LogP contribution in [0.15, 0.2) is 60.7 Å². The molecule has 14 nitrogen and oxygen atoms in total. The summed E-state index contributed by atoms with van der Waals surface area (Å²) in [6.45, 7) is 18.7. The maximum Gasteiger partial charge on any atom is 0.501 e. The molecule has 0 bridgehead atoms. The highest BCUT2D eigenvalue weighted by molar-refractivity contribution is 7.82. The van der Waals surface area contributed by atoms with Gasteiger partial charge in [0.15, 0.2) is 11.5 Å². The van der Waals surface area contributed by atoms with Crippen LogP contribution in [0.4, 0.5) is 0 Å². The summed E-state index contributed by atoms with van der Waals surface area (Å²) >= 11 is 0. The number of amides is 2. The Morgan fingerprint density at radius 3 is 1.29 bits per heavy atom. The van der Waals surface area contributed by atoms with Crippen LogP contribution in [0.2, 0.25) is 0 Å². The van der Waals surface area contributed by atoms with E-state index in [4.69, 9.17) is 8.37 Å². The van der Waals surface area contributed by atoms with E-state index in [-0.39, 0.29) is 46.3 Å². The van der Waals surface area contributed by atoms with Crippen molar-refractivity contribution in [1.29, 1.82) is 0 Å². The van der Waals surface area contributed by atoms with E-state index in [2.05, 4.69) is 70.1 Å². The Morgan fingerprint density at radius 1 is 0.556 bits per heavy atom. The van der Waals surface area contributed by atoms with Crippen LogP contribution in [0.3, 0.4) is 0 Å². The van der Waals surface area contributed by atoms with Crippen LogP contribution >= 0.6 is 0 Å². The van der Waals surface area contributed by atoms with Crippen molar-refractivity contribution in [3.05, 3.63) is 116 Å². The van der Waals surface area contributed by atoms with Gasteiger partial charge in [0.25, 0.3) is 11.8 Å². The number of carbonyl (C=O) groups excluding carboxylic acids is 2. The van der Waals surface area contributed by atoms with Crippen molar-refractivity contribution in [2.24, 2.45) is 0 Å². The average molecular weight is 881 g/mol. The molecule has 2 saturated heterocycles. The van der Waals surface area contributed by atoms with E-state index in [9.17, 15) is 28.2 Å². The number of carbonyl (C=O) groups is 2. The van der Waals surface area contributed by atoms with Crippen molar-refractivity contribution in [1.82, 2.24) is 29.4 Å². The number of aromatic hydroxyl groups is 2. The van der Waals surface area contributed by atoms with Gasteiger partial charge in [0.2, 0.25) is 0 Å². The van der Waals surface area contributed by atoms with Gasteiger partial charge in [-0.2, -0.15) is 0 Å². The molecule has 0 spiro atoms. The summed E-state index contributed by atoms with van der Waals surface area (Å²) in [5.41, 5.74) is 7.45. The quantitative estimate of drug-likeness (QED) is 0.176. The minimum absolute atomic E-state index is 0.0364. The van der Waals surface area contributed by atoms with Crippen LogP contribution in [0, 0.1) is 0 Å². The summed E-state index contributed by atoms with van der Waals surface area (Å²) in [6.07, 6.45) is 0. The Labute approximate surface area is 371 Å². The molecule has 63 heavy (non-hydrogen) atoms. The molecule has 0 aromatic heterocycles. The zero-order valence-corrected chi connectivity index (χ0v) is 38.1.